The number of hydrogen-bond acceptors (Lipinski definition) is 5. The summed E-state index contributed by atoms with van der Waals surface area (Å²) in [6.07, 6.45) is 0.820. The van der Waals surface area contributed by atoms with Crippen LogP contribution >= 0.6 is 0 Å². The van der Waals surface area contributed by atoms with Crippen LogP contribution in [-0.2, 0) is 4.74 Å². The number of esters is 1. The Balaban J connectivity index is 2.80. The molecule has 0 aliphatic carbocycles. The van der Waals surface area contributed by atoms with Crippen molar-refractivity contribution in [2.45, 2.75) is 33.2 Å². The van der Waals surface area contributed by atoms with E-state index in [0.717, 1.165) is 6.42 Å². The first-order valence-corrected chi connectivity index (χ1v) is 7.66. The van der Waals surface area contributed by atoms with E-state index in [0.29, 0.717) is 30.4 Å². The number of likely N-dealkylation sites (N-methyl/N-ethyl adjacent to an activating group) is 1. The van der Waals surface area contributed by atoms with E-state index >= 15 is 0 Å². The number of aromatic hydroxyl groups is 1. The second kappa shape index (κ2) is 8.63. The van der Waals surface area contributed by atoms with Gasteiger partial charge in [-0.05, 0) is 38.6 Å². The van der Waals surface area contributed by atoms with Gasteiger partial charge in [-0.15, -0.1) is 0 Å². The van der Waals surface area contributed by atoms with Crippen molar-refractivity contribution in [3.63, 3.8) is 0 Å². The summed E-state index contributed by atoms with van der Waals surface area (Å²) in [6.45, 7) is 6.96. The molecule has 0 bridgehead atoms. The predicted molar refractivity (Wildman–Crippen MR) is 86.5 cm³/mol. The van der Waals surface area contributed by atoms with Crippen molar-refractivity contribution in [2.24, 2.45) is 5.92 Å². The third kappa shape index (κ3) is 5.22. The number of nitrogens with zero attached hydrogens (tertiary/aromatic N) is 1. The van der Waals surface area contributed by atoms with Crippen LogP contribution in [0.2, 0.25) is 0 Å². The summed E-state index contributed by atoms with van der Waals surface area (Å²) in [5.41, 5.74) is 0.340. The maximum Gasteiger partial charge on any atom is 0.341 e. The van der Waals surface area contributed by atoms with Gasteiger partial charge in [0.05, 0.1) is 6.61 Å². The average Bonchev–Trinajstić information content (AvgIpc) is 2.44. The first kappa shape index (κ1) is 18.3. The van der Waals surface area contributed by atoms with Gasteiger partial charge in [0.15, 0.2) is 0 Å². The van der Waals surface area contributed by atoms with Crippen LogP contribution in [0.1, 0.15) is 37.6 Å². The van der Waals surface area contributed by atoms with Gasteiger partial charge in [-0.2, -0.15) is 0 Å². The largest absolute Gasteiger partial charge is 0.508 e. The van der Waals surface area contributed by atoms with Gasteiger partial charge in [0.25, 0.3) is 0 Å². The molecule has 0 aliphatic heterocycles. The lowest BCUT2D eigenvalue weighted by Gasteiger charge is -2.27. The lowest BCUT2D eigenvalue weighted by Crippen LogP contribution is -2.37. The summed E-state index contributed by atoms with van der Waals surface area (Å²) in [5, 5.41) is 9.54. The van der Waals surface area contributed by atoms with Crippen molar-refractivity contribution >= 4 is 5.97 Å². The van der Waals surface area contributed by atoms with Crippen LogP contribution in [0, 0.1) is 5.92 Å². The van der Waals surface area contributed by atoms with Gasteiger partial charge in [0, 0.05) is 12.1 Å². The molecule has 0 amide bonds. The smallest absolute Gasteiger partial charge is 0.341 e. The van der Waals surface area contributed by atoms with Crippen LogP contribution in [0.3, 0.4) is 0 Å². The normalized spacial score (nSPS) is 12.5. The quantitative estimate of drug-likeness (QED) is 0.748. The Bertz CT molecular complexity index is 478. The molecule has 1 atom stereocenters. The molecular weight excluding hydrogens is 282 g/mol. The molecule has 1 aromatic rings. The number of hydrogen-bond donors (Lipinski definition) is 1. The molecule has 1 aromatic carbocycles. The summed E-state index contributed by atoms with van der Waals surface area (Å²) < 4.78 is 10.9. The molecule has 0 saturated heterocycles. The molecule has 0 heterocycles. The van der Waals surface area contributed by atoms with E-state index < -0.39 is 5.97 Å². The van der Waals surface area contributed by atoms with Gasteiger partial charge < -0.3 is 19.5 Å². The number of carbonyl (C=O) groups is 1. The number of phenols is 1. The second-order valence-corrected chi connectivity index (χ2v) is 5.90. The molecule has 0 fully saturated rings. The van der Waals surface area contributed by atoms with E-state index in [9.17, 15) is 9.90 Å². The van der Waals surface area contributed by atoms with Crippen molar-refractivity contribution in [1.82, 2.24) is 4.90 Å². The molecular formula is C17H27NO4. The maximum atomic E-state index is 12.3. The summed E-state index contributed by atoms with van der Waals surface area (Å²) in [4.78, 5) is 14.3. The highest BCUT2D eigenvalue weighted by Crippen LogP contribution is 2.25. The average molecular weight is 309 g/mol. The molecule has 1 rings (SSSR count). The fourth-order valence-electron chi connectivity index (χ4n) is 2.19. The Morgan fingerprint density at radius 1 is 1.32 bits per heavy atom. The molecule has 0 saturated carbocycles. The third-order valence-corrected chi connectivity index (χ3v) is 3.46. The zero-order chi connectivity index (χ0) is 16.7. The standard InChI is InChI=1S/C17H27NO4/c1-6-9-21-16-10-13(19)7-8-14(16)17(20)22-11-15(12(2)3)18(4)5/h7-8,10,12,15,19H,6,9,11H2,1-5H3/t15-/m1/s1. The predicted octanol–water partition coefficient (Wildman–Crippen LogP) is 2.92. The zero-order valence-electron chi connectivity index (χ0n) is 14.1. The van der Waals surface area contributed by atoms with Crippen molar-refractivity contribution in [1.29, 1.82) is 0 Å². The number of rotatable bonds is 8. The molecule has 124 valence electrons. The minimum absolute atomic E-state index is 0.0657. The third-order valence-electron chi connectivity index (χ3n) is 3.46. The van der Waals surface area contributed by atoms with E-state index in [2.05, 4.69) is 13.8 Å². The Hall–Kier alpha value is -1.75. The van der Waals surface area contributed by atoms with Crippen LogP contribution in [0.5, 0.6) is 11.5 Å². The Morgan fingerprint density at radius 2 is 2.00 bits per heavy atom. The van der Waals surface area contributed by atoms with Crippen LogP contribution in [0.4, 0.5) is 0 Å². The molecule has 5 nitrogen and oxygen atoms in total. The van der Waals surface area contributed by atoms with Crippen LogP contribution in [-0.4, -0.2) is 49.3 Å². The Labute approximate surface area is 132 Å². The van der Waals surface area contributed by atoms with Crippen molar-refractivity contribution in [3.05, 3.63) is 23.8 Å². The molecule has 0 aliphatic rings. The number of carbonyl (C=O) groups excluding carboxylic acids is 1. The van der Waals surface area contributed by atoms with Crippen molar-refractivity contribution in [3.8, 4) is 11.5 Å². The molecule has 0 unspecified atom stereocenters. The molecule has 0 spiro atoms. The molecule has 1 N–H and O–H groups in total. The number of ether oxygens (including phenoxy) is 2. The van der Waals surface area contributed by atoms with Gasteiger partial charge >= 0.3 is 5.97 Å². The maximum absolute atomic E-state index is 12.3. The van der Waals surface area contributed by atoms with E-state index in [-0.39, 0.29) is 11.8 Å². The van der Waals surface area contributed by atoms with E-state index in [4.69, 9.17) is 9.47 Å². The van der Waals surface area contributed by atoms with E-state index in [1.54, 1.807) is 0 Å². The van der Waals surface area contributed by atoms with Crippen molar-refractivity contribution < 1.29 is 19.4 Å². The fourth-order valence-corrected chi connectivity index (χ4v) is 2.19. The lowest BCUT2D eigenvalue weighted by atomic mass is 10.0. The lowest BCUT2D eigenvalue weighted by molar-refractivity contribution is 0.0346. The van der Waals surface area contributed by atoms with Crippen molar-refractivity contribution in [2.75, 3.05) is 27.3 Å². The minimum atomic E-state index is -0.432. The van der Waals surface area contributed by atoms with Gasteiger partial charge in [0.2, 0.25) is 0 Å². The summed E-state index contributed by atoms with van der Waals surface area (Å²) >= 11 is 0. The van der Waals surface area contributed by atoms with Gasteiger partial charge in [-0.25, -0.2) is 4.79 Å². The molecule has 0 aromatic heterocycles. The highest BCUT2D eigenvalue weighted by Gasteiger charge is 2.20. The van der Waals surface area contributed by atoms with Crippen LogP contribution in [0.25, 0.3) is 0 Å². The van der Waals surface area contributed by atoms with E-state index in [1.165, 1.54) is 18.2 Å². The van der Waals surface area contributed by atoms with Gasteiger partial charge in [-0.3, -0.25) is 0 Å². The summed E-state index contributed by atoms with van der Waals surface area (Å²) in [5.74, 6) is 0.367. The van der Waals surface area contributed by atoms with Crippen LogP contribution in [0.15, 0.2) is 18.2 Å². The molecule has 5 heteroatoms. The zero-order valence-corrected chi connectivity index (χ0v) is 14.1. The second-order valence-electron chi connectivity index (χ2n) is 5.90. The van der Waals surface area contributed by atoms with Crippen LogP contribution < -0.4 is 4.74 Å². The number of phenolic OH excluding ortho intramolecular Hbond substituents is 1. The minimum Gasteiger partial charge on any atom is -0.508 e. The molecule has 22 heavy (non-hydrogen) atoms. The summed E-state index contributed by atoms with van der Waals surface area (Å²) in [6, 6.07) is 4.59. The highest BCUT2D eigenvalue weighted by atomic mass is 16.5. The van der Waals surface area contributed by atoms with Gasteiger partial charge in [0.1, 0.15) is 23.7 Å². The first-order valence-electron chi connectivity index (χ1n) is 7.66. The Kier molecular flexibility index (Phi) is 7.18. The monoisotopic (exact) mass is 309 g/mol. The van der Waals surface area contributed by atoms with Gasteiger partial charge in [-0.1, -0.05) is 20.8 Å². The SMILES string of the molecule is CCCOc1cc(O)ccc1C(=O)OC[C@H](C(C)C)N(C)C. The topological polar surface area (TPSA) is 59.0 Å². The highest BCUT2D eigenvalue weighted by molar-refractivity contribution is 5.92. The number of benzene rings is 1. The molecule has 0 radical (unpaired) electrons. The summed E-state index contributed by atoms with van der Waals surface area (Å²) in [7, 11) is 3.93. The first-order chi connectivity index (χ1) is 10.4. The Morgan fingerprint density at radius 3 is 2.55 bits per heavy atom. The van der Waals surface area contributed by atoms with E-state index in [1.807, 2.05) is 25.9 Å². The fraction of sp³-hybridized carbons (Fsp3) is 0.588.